The Morgan fingerprint density at radius 2 is 1.83 bits per heavy atom. The Balaban J connectivity index is 1.85. The Morgan fingerprint density at radius 3 is 2.52 bits per heavy atom. The summed E-state index contributed by atoms with van der Waals surface area (Å²) in [6, 6.07) is 11.8. The molecule has 0 fully saturated rings. The third-order valence-electron chi connectivity index (χ3n) is 4.18. The van der Waals surface area contributed by atoms with E-state index in [1.807, 2.05) is 13.0 Å². The van der Waals surface area contributed by atoms with Gasteiger partial charge in [-0.05, 0) is 49.2 Å². The lowest BCUT2D eigenvalue weighted by atomic mass is 10.2. The van der Waals surface area contributed by atoms with E-state index in [-0.39, 0.29) is 36.2 Å². The number of aryl methyl sites for hydroxylation is 2. The van der Waals surface area contributed by atoms with E-state index in [0.717, 1.165) is 5.56 Å². The SMILES string of the molecule is Cc1ccc(C)c(S(=O)(=O)NCCC(=O)N(C)CC(=O)Nc2cccc(Cl)c2)c1. The molecule has 7 nitrogen and oxygen atoms in total. The first-order chi connectivity index (χ1) is 13.6. The minimum atomic E-state index is -3.72. The van der Waals surface area contributed by atoms with Crippen LogP contribution in [0.3, 0.4) is 0 Å². The highest BCUT2D eigenvalue weighted by atomic mass is 35.5. The molecule has 0 aliphatic carbocycles. The summed E-state index contributed by atoms with van der Waals surface area (Å²) in [6.45, 7) is 3.31. The molecule has 0 unspecified atom stereocenters. The van der Waals surface area contributed by atoms with E-state index in [9.17, 15) is 18.0 Å². The molecule has 2 N–H and O–H groups in total. The highest BCUT2D eigenvalue weighted by molar-refractivity contribution is 7.89. The molecule has 9 heteroatoms. The average molecular weight is 438 g/mol. The number of halogens is 1. The number of hydrogen-bond donors (Lipinski definition) is 2. The standard InChI is InChI=1S/C20H24ClN3O4S/c1-14-7-8-15(2)18(11-14)29(27,28)22-10-9-20(26)24(3)13-19(25)23-17-6-4-5-16(21)12-17/h4-8,11-12,22H,9-10,13H2,1-3H3,(H,23,25). The Hall–Kier alpha value is -2.42. The van der Waals surface area contributed by atoms with Crippen LogP contribution in [0.25, 0.3) is 0 Å². The van der Waals surface area contributed by atoms with Gasteiger partial charge in [-0.15, -0.1) is 0 Å². The number of nitrogens with one attached hydrogen (secondary N) is 2. The van der Waals surface area contributed by atoms with Crippen LogP contribution in [-0.2, 0) is 19.6 Å². The average Bonchev–Trinajstić information content (AvgIpc) is 2.63. The minimum absolute atomic E-state index is 0.0607. The maximum Gasteiger partial charge on any atom is 0.243 e. The second-order valence-corrected chi connectivity index (χ2v) is 8.90. The fraction of sp³-hybridized carbons (Fsp3) is 0.300. The van der Waals surface area contributed by atoms with Crippen molar-refractivity contribution < 1.29 is 18.0 Å². The Labute approximate surface area is 176 Å². The molecule has 0 saturated heterocycles. The van der Waals surface area contributed by atoms with Crippen molar-refractivity contribution in [2.24, 2.45) is 0 Å². The molecule has 0 aromatic heterocycles. The van der Waals surface area contributed by atoms with E-state index in [0.29, 0.717) is 16.3 Å². The summed E-state index contributed by atoms with van der Waals surface area (Å²) in [4.78, 5) is 25.7. The Kier molecular flexibility index (Phi) is 7.78. The molecule has 2 aromatic carbocycles. The van der Waals surface area contributed by atoms with Gasteiger partial charge in [-0.25, -0.2) is 13.1 Å². The largest absolute Gasteiger partial charge is 0.336 e. The quantitative estimate of drug-likeness (QED) is 0.663. The molecule has 0 heterocycles. The van der Waals surface area contributed by atoms with Crippen molar-refractivity contribution in [2.75, 3.05) is 25.5 Å². The summed E-state index contributed by atoms with van der Waals surface area (Å²) in [5.41, 5.74) is 1.99. The van der Waals surface area contributed by atoms with Crippen molar-refractivity contribution in [1.82, 2.24) is 9.62 Å². The lowest BCUT2D eigenvalue weighted by molar-refractivity contribution is -0.133. The number of anilines is 1. The topological polar surface area (TPSA) is 95.6 Å². The zero-order valence-corrected chi connectivity index (χ0v) is 18.1. The van der Waals surface area contributed by atoms with Gasteiger partial charge in [0.2, 0.25) is 21.8 Å². The lowest BCUT2D eigenvalue weighted by Crippen LogP contribution is -2.37. The lowest BCUT2D eigenvalue weighted by Gasteiger charge is -2.17. The van der Waals surface area contributed by atoms with Crippen molar-refractivity contribution in [3.8, 4) is 0 Å². The van der Waals surface area contributed by atoms with Crippen molar-refractivity contribution >= 4 is 39.1 Å². The highest BCUT2D eigenvalue weighted by Crippen LogP contribution is 2.17. The van der Waals surface area contributed by atoms with Crippen LogP contribution in [0.5, 0.6) is 0 Å². The maximum absolute atomic E-state index is 12.5. The molecule has 0 radical (unpaired) electrons. The van der Waals surface area contributed by atoms with E-state index in [4.69, 9.17) is 11.6 Å². The molecule has 29 heavy (non-hydrogen) atoms. The van der Waals surface area contributed by atoms with Gasteiger partial charge in [-0.3, -0.25) is 9.59 Å². The summed E-state index contributed by atoms with van der Waals surface area (Å²) >= 11 is 5.87. The molecule has 0 aliphatic rings. The van der Waals surface area contributed by atoms with Gasteiger partial charge in [0.15, 0.2) is 0 Å². The zero-order chi connectivity index (χ0) is 21.6. The van der Waals surface area contributed by atoms with Crippen LogP contribution in [0.15, 0.2) is 47.4 Å². The summed E-state index contributed by atoms with van der Waals surface area (Å²) in [7, 11) is -2.23. The highest BCUT2D eigenvalue weighted by Gasteiger charge is 2.18. The molecule has 0 saturated carbocycles. The number of carbonyl (C=O) groups excluding carboxylic acids is 2. The van der Waals surface area contributed by atoms with Crippen LogP contribution in [0.1, 0.15) is 17.5 Å². The smallest absolute Gasteiger partial charge is 0.243 e. The van der Waals surface area contributed by atoms with Gasteiger partial charge in [0.25, 0.3) is 0 Å². The van der Waals surface area contributed by atoms with Crippen LogP contribution in [0, 0.1) is 13.8 Å². The van der Waals surface area contributed by atoms with Crippen LogP contribution < -0.4 is 10.0 Å². The van der Waals surface area contributed by atoms with Crippen molar-refractivity contribution in [3.63, 3.8) is 0 Å². The van der Waals surface area contributed by atoms with E-state index < -0.39 is 10.0 Å². The van der Waals surface area contributed by atoms with Gasteiger partial charge in [0, 0.05) is 30.7 Å². The van der Waals surface area contributed by atoms with Gasteiger partial charge in [-0.1, -0.05) is 29.8 Å². The third-order valence-corrected chi connectivity index (χ3v) is 6.02. The summed E-state index contributed by atoms with van der Waals surface area (Å²) in [5.74, 6) is -0.728. The van der Waals surface area contributed by atoms with Gasteiger partial charge < -0.3 is 10.2 Å². The minimum Gasteiger partial charge on any atom is -0.336 e. The molecule has 0 spiro atoms. The molecule has 0 aliphatic heterocycles. The van der Waals surface area contributed by atoms with Crippen molar-refractivity contribution in [2.45, 2.75) is 25.2 Å². The number of likely N-dealkylation sites (N-methyl/N-ethyl adjacent to an activating group) is 1. The number of carbonyl (C=O) groups is 2. The monoisotopic (exact) mass is 437 g/mol. The third kappa shape index (κ3) is 6.85. The van der Waals surface area contributed by atoms with Gasteiger partial charge in [0.1, 0.15) is 0 Å². The first-order valence-electron chi connectivity index (χ1n) is 8.95. The molecule has 2 rings (SSSR count). The molecule has 2 amide bonds. The summed E-state index contributed by atoms with van der Waals surface area (Å²) in [6.07, 6.45) is -0.0644. The van der Waals surface area contributed by atoms with E-state index in [2.05, 4.69) is 10.0 Å². The number of amides is 2. The number of hydrogen-bond acceptors (Lipinski definition) is 4. The summed E-state index contributed by atoms with van der Waals surface area (Å²) in [5, 5.41) is 3.14. The zero-order valence-electron chi connectivity index (χ0n) is 16.5. The first kappa shape index (κ1) is 22.9. The van der Waals surface area contributed by atoms with Crippen molar-refractivity contribution in [3.05, 3.63) is 58.6 Å². The molecule has 2 aromatic rings. The number of rotatable bonds is 8. The predicted molar refractivity (Wildman–Crippen MR) is 113 cm³/mol. The molecular weight excluding hydrogens is 414 g/mol. The first-order valence-corrected chi connectivity index (χ1v) is 10.8. The fourth-order valence-electron chi connectivity index (χ4n) is 2.63. The molecule has 156 valence electrons. The predicted octanol–water partition coefficient (Wildman–Crippen LogP) is 2.72. The van der Waals surface area contributed by atoms with Gasteiger partial charge in [-0.2, -0.15) is 0 Å². The normalized spacial score (nSPS) is 11.2. The van der Waals surface area contributed by atoms with Crippen molar-refractivity contribution in [1.29, 1.82) is 0 Å². The second-order valence-electron chi connectivity index (χ2n) is 6.73. The Bertz CT molecular complexity index is 1010. The summed E-state index contributed by atoms with van der Waals surface area (Å²) < 4.78 is 27.3. The van der Waals surface area contributed by atoms with Crippen LogP contribution in [-0.4, -0.2) is 45.3 Å². The fourth-order valence-corrected chi connectivity index (χ4v) is 4.18. The van der Waals surface area contributed by atoms with E-state index in [1.165, 1.54) is 11.9 Å². The number of benzene rings is 2. The molecule has 0 atom stereocenters. The Morgan fingerprint density at radius 1 is 1.10 bits per heavy atom. The number of nitrogens with zero attached hydrogens (tertiary/aromatic N) is 1. The van der Waals surface area contributed by atoms with Gasteiger partial charge >= 0.3 is 0 Å². The van der Waals surface area contributed by atoms with E-state index >= 15 is 0 Å². The van der Waals surface area contributed by atoms with Crippen LogP contribution in [0.4, 0.5) is 5.69 Å². The van der Waals surface area contributed by atoms with Gasteiger partial charge in [0.05, 0.1) is 11.4 Å². The second kappa shape index (κ2) is 9.87. The molecule has 0 bridgehead atoms. The molecular formula is C20H24ClN3O4S. The van der Waals surface area contributed by atoms with E-state index in [1.54, 1.807) is 43.3 Å². The number of sulfonamides is 1. The van der Waals surface area contributed by atoms with Crippen LogP contribution >= 0.6 is 11.6 Å². The van der Waals surface area contributed by atoms with Crippen LogP contribution in [0.2, 0.25) is 5.02 Å². The maximum atomic E-state index is 12.5.